The van der Waals surface area contributed by atoms with Crippen molar-refractivity contribution in [1.82, 2.24) is 4.98 Å². The summed E-state index contributed by atoms with van der Waals surface area (Å²) in [6, 6.07) is 13.4. The molecule has 0 atom stereocenters. The molecule has 0 unspecified atom stereocenters. The Bertz CT molecular complexity index is 871. The third-order valence-corrected chi connectivity index (χ3v) is 3.16. The molecule has 0 aliphatic heterocycles. The van der Waals surface area contributed by atoms with E-state index in [4.69, 9.17) is 4.42 Å². The van der Waals surface area contributed by atoms with Gasteiger partial charge in [-0.15, -0.1) is 0 Å². The van der Waals surface area contributed by atoms with Gasteiger partial charge in [-0.25, -0.2) is 4.98 Å². The summed E-state index contributed by atoms with van der Waals surface area (Å²) in [4.78, 5) is 7.99. The molecule has 3 aromatic rings. The maximum atomic E-state index is 12.7. The molecule has 0 radical (unpaired) electrons. The summed E-state index contributed by atoms with van der Waals surface area (Å²) >= 11 is 0. The molecule has 122 valence electrons. The van der Waals surface area contributed by atoms with Crippen molar-refractivity contribution >= 4 is 11.9 Å². The van der Waals surface area contributed by atoms with Crippen molar-refractivity contribution < 1.29 is 22.7 Å². The second kappa shape index (κ2) is 6.19. The van der Waals surface area contributed by atoms with E-state index in [-0.39, 0.29) is 17.3 Å². The van der Waals surface area contributed by atoms with Gasteiger partial charge in [0.15, 0.2) is 5.69 Å². The zero-order valence-electron chi connectivity index (χ0n) is 12.2. The van der Waals surface area contributed by atoms with Gasteiger partial charge in [-0.2, -0.15) is 13.2 Å². The highest BCUT2D eigenvalue weighted by Gasteiger charge is 2.30. The second-order valence-electron chi connectivity index (χ2n) is 4.88. The van der Waals surface area contributed by atoms with Gasteiger partial charge >= 0.3 is 12.1 Å². The standard InChI is InChI=1S/C17H11F3N2O2/c18-17(19,20)12-7-4-8-13(9-12)21-10-14-16(23)24-15(22-14)11-5-2-1-3-6-11/h1-10,23H. The van der Waals surface area contributed by atoms with Crippen LogP contribution in [0.4, 0.5) is 18.9 Å². The Morgan fingerprint density at radius 3 is 2.50 bits per heavy atom. The van der Waals surface area contributed by atoms with E-state index in [0.717, 1.165) is 18.3 Å². The highest BCUT2D eigenvalue weighted by atomic mass is 19.4. The minimum Gasteiger partial charge on any atom is -0.479 e. The van der Waals surface area contributed by atoms with E-state index in [1.165, 1.54) is 12.1 Å². The Kier molecular flexibility index (Phi) is 4.07. The van der Waals surface area contributed by atoms with E-state index in [0.29, 0.717) is 5.56 Å². The summed E-state index contributed by atoms with van der Waals surface area (Å²) < 4.78 is 43.1. The molecule has 0 aliphatic carbocycles. The van der Waals surface area contributed by atoms with Crippen LogP contribution in [0.15, 0.2) is 64.0 Å². The monoisotopic (exact) mass is 332 g/mol. The largest absolute Gasteiger partial charge is 0.479 e. The summed E-state index contributed by atoms with van der Waals surface area (Å²) in [5.41, 5.74) is -0.0160. The third kappa shape index (κ3) is 3.45. The quantitative estimate of drug-likeness (QED) is 0.700. The zero-order chi connectivity index (χ0) is 17.2. The number of benzene rings is 2. The Morgan fingerprint density at radius 2 is 1.79 bits per heavy atom. The van der Waals surface area contributed by atoms with Crippen LogP contribution in [-0.2, 0) is 6.18 Å². The lowest BCUT2D eigenvalue weighted by Gasteiger charge is -2.06. The summed E-state index contributed by atoms with van der Waals surface area (Å²) in [5, 5.41) is 9.75. The van der Waals surface area contributed by atoms with Crippen LogP contribution in [0.3, 0.4) is 0 Å². The fourth-order valence-electron chi connectivity index (χ4n) is 2.01. The van der Waals surface area contributed by atoms with E-state index in [1.54, 1.807) is 24.3 Å². The minimum atomic E-state index is -4.44. The molecule has 3 rings (SSSR count). The first kappa shape index (κ1) is 15.8. The van der Waals surface area contributed by atoms with Crippen LogP contribution in [0.25, 0.3) is 11.5 Å². The fraction of sp³-hybridized carbons (Fsp3) is 0.0588. The molecule has 4 nitrogen and oxygen atoms in total. The Labute approximate surface area is 134 Å². The van der Waals surface area contributed by atoms with Gasteiger partial charge in [0.25, 0.3) is 0 Å². The van der Waals surface area contributed by atoms with Gasteiger partial charge in [-0.1, -0.05) is 24.3 Å². The van der Waals surface area contributed by atoms with Gasteiger partial charge in [0.05, 0.1) is 17.5 Å². The predicted molar refractivity (Wildman–Crippen MR) is 82.3 cm³/mol. The van der Waals surface area contributed by atoms with Gasteiger partial charge in [0.2, 0.25) is 5.89 Å². The van der Waals surface area contributed by atoms with E-state index in [1.807, 2.05) is 6.07 Å². The van der Waals surface area contributed by atoms with Crippen molar-refractivity contribution in [3.63, 3.8) is 0 Å². The topological polar surface area (TPSA) is 58.6 Å². The Hall–Kier alpha value is -3.09. The van der Waals surface area contributed by atoms with E-state index in [9.17, 15) is 18.3 Å². The van der Waals surface area contributed by atoms with Gasteiger partial charge < -0.3 is 9.52 Å². The zero-order valence-corrected chi connectivity index (χ0v) is 12.2. The van der Waals surface area contributed by atoms with E-state index >= 15 is 0 Å². The molecule has 0 aliphatic rings. The normalized spacial score (nSPS) is 12.0. The molecule has 0 bridgehead atoms. The van der Waals surface area contributed by atoms with Crippen LogP contribution in [-0.4, -0.2) is 16.3 Å². The average Bonchev–Trinajstić information content (AvgIpc) is 2.94. The number of alkyl halides is 3. The van der Waals surface area contributed by atoms with Crippen LogP contribution in [0.1, 0.15) is 11.3 Å². The number of aromatic nitrogens is 1. The number of rotatable bonds is 3. The van der Waals surface area contributed by atoms with Gasteiger partial charge in [-0.05, 0) is 30.3 Å². The lowest BCUT2D eigenvalue weighted by Crippen LogP contribution is -2.03. The van der Waals surface area contributed by atoms with Crippen molar-refractivity contribution in [1.29, 1.82) is 0 Å². The smallest absolute Gasteiger partial charge is 0.416 e. The summed E-state index contributed by atoms with van der Waals surface area (Å²) in [5.74, 6) is -0.261. The summed E-state index contributed by atoms with van der Waals surface area (Å²) in [6.45, 7) is 0. The number of hydrogen-bond donors (Lipinski definition) is 1. The van der Waals surface area contributed by atoms with Crippen LogP contribution in [0, 0.1) is 0 Å². The second-order valence-corrected chi connectivity index (χ2v) is 4.88. The Morgan fingerprint density at radius 1 is 1.04 bits per heavy atom. The molecule has 1 heterocycles. The molecular formula is C17H11F3N2O2. The Balaban J connectivity index is 1.87. The summed E-state index contributed by atoms with van der Waals surface area (Å²) in [6.07, 6.45) is -3.29. The van der Waals surface area contributed by atoms with Gasteiger partial charge in [-0.3, -0.25) is 4.99 Å². The maximum Gasteiger partial charge on any atom is 0.416 e. The molecule has 0 spiro atoms. The van der Waals surface area contributed by atoms with Crippen molar-refractivity contribution in [3.05, 3.63) is 65.9 Å². The van der Waals surface area contributed by atoms with E-state index in [2.05, 4.69) is 9.98 Å². The van der Waals surface area contributed by atoms with Crippen LogP contribution >= 0.6 is 0 Å². The molecule has 0 amide bonds. The average molecular weight is 332 g/mol. The highest BCUT2D eigenvalue weighted by molar-refractivity contribution is 5.82. The first-order valence-electron chi connectivity index (χ1n) is 6.90. The third-order valence-electron chi connectivity index (χ3n) is 3.16. The van der Waals surface area contributed by atoms with Crippen molar-refractivity contribution in [2.45, 2.75) is 6.18 Å². The number of nitrogens with zero attached hydrogens (tertiary/aromatic N) is 2. The molecule has 1 aromatic heterocycles. The number of hydrogen-bond acceptors (Lipinski definition) is 4. The van der Waals surface area contributed by atoms with Crippen LogP contribution in [0.5, 0.6) is 5.95 Å². The van der Waals surface area contributed by atoms with Crippen molar-refractivity contribution in [2.75, 3.05) is 0 Å². The van der Waals surface area contributed by atoms with Crippen molar-refractivity contribution in [2.24, 2.45) is 4.99 Å². The van der Waals surface area contributed by atoms with Crippen molar-refractivity contribution in [3.8, 4) is 17.4 Å². The highest BCUT2D eigenvalue weighted by Crippen LogP contribution is 2.31. The number of aliphatic imine (C=N–C) groups is 1. The number of halogens is 3. The van der Waals surface area contributed by atoms with Gasteiger partial charge in [0, 0.05) is 5.56 Å². The van der Waals surface area contributed by atoms with Crippen LogP contribution < -0.4 is 0 Å². The molecule has 0 fully saturated rings. The lowest BCUT2D eigenvalue weighted by molar-refractivity contribution is -0.137. The number of oxazole rings is 1. The first-order chi connectivity index (χ1) is 11.4. The maximum absolute atomic E-state index is 12.7. The molecule has 0 saturated carbocycles. The molecule has 2 aromatic carbocycles. The molecule has 24 heavy (non-hydrogen) atoms. The molecule has 1 N–H and O–H groups in total. The molecular weight excluding hydrogens is 321 g/mol. The first-order valence-corrected chi connectivity index (χ1v) is 6.90. The fourth-order valence-corrected chi connectivity index (χ4v) is 2.01. The van der Waals surface area contributed by atoms with Gasteiger partial charge in [0.1, 0.15) is 0 Å². The van der Waals surface area contributed by atoms with Crippen LogP contribution in [0.2, 0.25) is 0 Å². The molecule has 0 saturated heterocycles. The predicted octanol–water partition coefficient (Wildman–Crippen LogP) is 4.82. The molecule has 7 heteroatoms. The number of aromatic hydroxyl groups is 1. The SMILES string of the molecule is Oc1oc(-c2ccccc2)nc1C=Nc1cccc(C(F)(F)F)c1. The summed E-state index contributed by atoms with van der Waals surface area (Å²) in [7, 11) is 0. The minimum absolute atomic E-state index is 0.0336. The van der Waals surface area contributed by atoms with E-state index < -0.39 is 17.7 Å². The lowest BCUT2D eigenvalue weighted by atomic mass is 10.2.